The van der Waals surface area contributed by atoms with Crippen LogP contribution in [0.1, 0.15) is 31.2 Å². The van der Waals surface area contributed by atoms with Crippen LogP contribution in [0, 0.1) is 11.8 Å². The molecular weight excluding hydrogens is 268 g/mol. The van der Waals surface area contributed by atoms with Crippen molar-refractivity contribution in [2.45, 2.75) is 25.7 Å². The number of carbonyl (C=O) groups is 1. The van der Waals surface area contributed by atoms with Crippen LogP contribution in [-0.4, -0.2) is 34.5 Å². The maximum atomic E-state index is 10.1. The Bertz CT molecular complexity index is 408. The average Bonchev–Trinajstić information content (AvgIpc) is 2.54. The number of aliphatic hydroxyl groups excluding tert-OH is 2. The molecule has 1 aliphatic rings. The van der Waals surface area contributed by atoms with Gasteiger partial charge in [0, 0.05) is 19.3 Å². The van der Waals surface area contributed by atoms with E-state index in [4.69, 9.17) is 15.3 Å². The van der Waals surface area contributed by atoms with Gasteiger partial charge in [-0.15, -0.1) is 0 Å². The van der Waals surface area contributed by atoms with Crippen LogP contribution in [0.15, 0.2) is 36.4 Å². The van der Waals surface area contributed by atoms with Crippen molar-refractivity contribution in [3.05, 3.63) is 42.0 Å². The number of rotatable bonds is 4. The highest BCUT2D eigenvalue weighted by Crippen LogP contribution is 2.27. The van der Waals surface area contributed by atoms with Crippen LogP contribution in [0.25, 0.3) is 6.08 Å². The van der Waals surface area contributed by atoms with E-state index >= 15 is 0 Å². The Labute approximate surface area is 125 Å². The van der Waals surface area contributed by atoms with Crippen LogP contribution in [0.2, 0.25) is 0 Å². The molecule has 0 atom stereocenters. The van der Waals surface area contributed by atoms with E-state index < -0.39 is 5.97 Å². The minimum absolute atomic E-state index is 0.331. The maximum Gasteiger partial charge on any atom is 0.328 e. The lowest BCUT2D eigenvalue weighted by molar-refractivity contribution is -0.131. The van der Waals surface area contributed by atoms with Crippen LogP contribution in [0.3, 0.4) is 0 Å². The van der Waals surface area contributed by atoms with E-state index in [1.165, 1.54) is 0 Å². The van der Waals surface area contributed by atoms with Crippen LogP contribution in [0.5, 0.6) is 0 Å². The average molecular weight is 292 g/mol. The van der Waals surface area contributed by atoms with Crippen LogP contribution >= 0.6 is 0 Å². The quantitative estimate of drug-likeness (QED) is 0.745. The molecule has 0 aromatic heterocycles. The number of aliphatic carboxylic acids is 1. The molecule has 0 heterocycles. The minimum atomic E-state index is -0.922. The second-order valence-corrected chi connectivity index (χ2v) is 5.33. The molecule has 1 fully saturated rings. The zero-order valence-corrected chi connectivity index (χ0v) is 12.2. The summed E-state index contributed by atoms with van der Waals surface area (Å²) in [6.45, 7) is 0.663. The van der Waals surface area contributed by atoms with Crippen molar-refractivity contribution in [2.75, 3.05) is 13.2 Å². The van der Waals surface area contributed by atoms with E-state index in [0.717, 1.165) is 37.3 Å². The number of carboxylic acids is 1. The Hall–Kier alpha value is -1.65. The number of hydrogen-bond acceptors (Lipinski definition) is 3. The molecule has 0 saturated heterocycles. The van der Waals surface area contributed by atoms with Crippen molar-refractivity contribution >= 4 is 12.0 Å². The van der Waals surface area contributed by atoms with Gasteiger partial charge in [-0.1, -0.05) is 30.3 Å². The number of benzene rings is 1. The lowest BCUT2D eigenvalue weighted by Crippen LogP contribution is -2.19. The molecule has 0 radical (unpaired) electrons. The topological polar surface area (TPSA) is 77.8 Å². The van der Waals surface area contributed by atoms with Gasteiger partial charge in [-0.05, 0) is 49.2 Å². The molecule has 0 spiro atoms. The molecule has 0 bridgehead atoms. The van der Waals surface area contributed by atoms with Gasteiger partial charge in [0.15, 0.2) is 0 Å². The Morgan fingerprint density at radius 1 is 1.00 bits per heavy atom. The molecule has 4 heteroatoms. The molecule has 0 aliphatic heterocycles. The fourth-order valence-corrected chi connectivity index (χ4v) is 2.33. The zero-order chi connectivity index (χ0) is 15.5. The summed E-state index contributed by atoms with van der Waals surface area (Å²) in [6.07, 6.45) is 7.07. The first-order valence-corrected chi connectivity index (χ1v) is 7.33. The summed E-state index contributed by atoms with van der Waals surface area (Å²) >= 11 is 0. The second-order valence-electron chi connectivity index (χ2n) is 5.33. The number of aliphatic hydroxyl groups is 2. The second kappa shape index (κ2) is 10.1. The minimum Gasteiger partial charge on any atom is -0.478 e. The molecule has 1 aromatic carbocycles. The molecule has 2 rings (SSSR count). The van der Waals surface area contributed by atoms with E-state index in [2.05, 4.69) is 0 Å². The van der Waals surface area contributed by atoms with Crippen molar-refractivity contribution in [1.29, 1.82) is 0 Å². The summed E-state index contributed by atoms with van der Waals surface area (Å²) in [6, 6.07) is 9.31. The lowest BCUT2D eigenvalue weighted by Gasteiger charge is -2.25. The van der Waals surface area contributed by atoms with Crippen molar-refractivity contribution in [2.24, 2.45) is 11.8 Å². The normalized spacial score (nSPS) is 21.6. The molecule has 0 amide bonds. The van der Waals surface area contributed by atoms with E-state index in [9.17, 15) is 4.79 Å². The Morgan fingerprint density at radius 3 is 1.86 bits per heavy atom. The highest BCUT2D eigenvalue weighted by Gasteiger charge is 2.19. The van der Waals surface area contributed by atoms with E-state index in [1.807, 2.05) is 30.3 Å². The first kappa shape index (κ1) is 17.4. The number of hydrogen-bond donors (Lipinski definition) is 3. The monoisotopic (exact) mass is 292 g/mol. The van der Waals surface area contributed by atoms with Gasteiger partial charge in [-0.3, -0.25) is 0 Å². The first-order valence-electron chi connectivity index (χ1n) is 7.33. The highest BCUT2D eigenvalue weighted by atomic mass is 16.4. The molecule has 1 aliphatic carbocycles. The molecule has 21 heavy (non-hydrogen) atoms. The Kier molecular flexibility index (Phi) is 8.40. The predicted molar refractivity (Wildman–Crippen MR) is 82.7 cm³/mol. The van der Waals surface area contributed by atoms with E-state index in [-0.39, 0.29) is 0 Å². The molecule has 0 unspecified atom stereocenters. The van der Waals surface area contributed by atoms with Crippen LogP contribution in [0.4, 0.5) is 0 Å². The third kappa shape index (κ3) is 7.63. The fourth-order valence-electron chi connectivity index (χ4n) is 2.33. The third-order valence-electron chi connectivity index (χ3n) is 3.70. The summed E-state index contributed by atoms with van der Waals surface area (Å²) < 4.78 is 0. The van der Waals surface area contributed by atoms with Gasteiger partial charge in [-0.2, -0.15) is 0 Å². The van der Waals surface area contributed by atoms with Gasteiger partial charge in [-0.25, -0.2) is 4.79 Å². The fraction of sp³-hybridized carbons (Fsp3) is 0.471. The molecule has 4 nitrogen and oxygen atoms in total. The number of carboxylic acid groups (broad SMARTS) is 1. The summed E-state index contributed by atoms with van der Waals surface area (Å²) in [5.41, 5.74) is 0.898. The predicted octanol–water partition coefficient (Wildman–Crippen LogP) is 2.56. The third-order valence-corrected chi connectivity index (χ3v) is 3.70. The van der Waals surface area contributed by atoms with Crippen molar-refractivity contribution < 1.29 is 20.1 Å². The Balaban J connectivity index is 0.000000211. The van der Waals surface area contributed by atoms with E-state index in [0.29, 0.717) is 25.0 Å². The van der Waals surface area contributed by atoms with Gasteiger partial charge >= 0.3 is 5.97 Å². The summed E-state index contributed by atoms with van der Waals surface area (Å²) in [5.74, 6) is 0.111. The van der Waals surface area contributed by atoms with Gasteiger partial charge in [0.1, 0.15) is 0 Å². The highest BCUT2D eigenvalue weighted by molar-refractivity contribution is 5.85. The SMILES string of the molecule is O=C(O)C=Cc1ccccc1.OC[C@H]1CC[C@H](CO)CC1. The van der Waals surface area contributed by atoms with Crippen molar-refractivity contribution in [1.82, 2.24) is 0 Å². The summed E-state index contributed by atoms with van der Waals surface area (Å²) in [5, 5.41) is 25.9. The van der Waals surface area contributed by atoms with Crippen LogP contribution in [-0.2, 0) is 4.79 Å². The van der Waals surface area contributed by atoms with Gasteiger partial charge in [0.2, 0.25) is 0 Å². The molecular formula is C17H24O4. The molecule has 3 N–H and O–H groups in total. The molecule has 116 valence electrons. The maximum absolute atomic E-state index is 10.1. The molecule has 1 saturated carbocycles. The van der Waals surface area contributed by atoms with Gasteiger partial charge in [0.25, 0.3) is 0 Å². The summed E-state index contributed by atoms with van der Waals surface area (Å²) in [4.78, 5) is 10.1. The van der Waals surface area contributed by atoms with Crippen LogP contribution < -0.4 is 0 Å². The van der Waals surface area contributed by atoms with E-state index in [1.54, 1.807) is 6.08 Å². The van der Waals surface area contributed by atoms with Crippen molar-refractivity contribution in [3.8, 4) is 0 Å². The summed E-state index contributed by atoms with van der Waals surface area (Å²) in [7, 11) is 0. The smallest absolute Gasteiger partial charge is 0.328 e. The first-order chi connectivity index (χ1) is 10.2. The standard InChI is InChI=1S/C9H8O2.C8H16O2/c10-9(11)7-6-8-4-2-1-3-5-8;9-5-7-1-2-8(6-10)4-3-7/h1-7H,(H,10,11);7-10H,1-6H2/t;7-,8-. The lowest BCUT2D eigenvalue weighted by atomic mass is 9.83. The van der Waals surface area contributed by atoms with Gasteiger partial charge in [0.05, 0.1) is 0 Å². The molecule has 1 aromatic rings. The van der Waals surface area contributed by atoms with Crippen molar-refractivity contribution in [3.63, 3.8) is 0 Å². The zero-order valence-electron chi connectivity index (χ0n) is 12.2. The largest absolute Gasteiger partial charge is 0.478 e. The van der Waals surface area contributed by atoms with Gasteiger partial charge < -0.3 is 15.3 Å². The Morgan fingerprint density at radius 2 is 1.48 bits per heavy atom.